The number of rotatable bonds is 6. The van der Waals surface area contributed by atoms with Gasteiger partial charge in [0.25, 0.3) is 0 Å². The second kappa shape index (κ2) is 8.66. The van der Waals surface area contributed by atoms with Gasteiger partial charge in [-0.05, 0) is 29.5 Å². The molecule has 8 heteroatoms. The van der Waals surface area contributed by atoms with Crippen LogP contribution in [0.3, 0.4) is 0 Å². The van der Waals surface area contributed by atoms with Gasteiger partial charge in [0.15, 0.2) is 0 Å². The monoisotopic (exact) mass is 429 g/mol. The third kappa shape index (κ3) is 4.25. The Morgan fingerprint density at radius 2 is 1.91 bits per heavy atom. The van der Waals surface area contributed by atoms with Crippen LogP contribution < -0.4 is 5.32 Å². The molecular formula is C24H23N5O3. The number of aromatic nitrogens is 3. The molecule has 1 N–H and O–H groups in total. The third-order valence-electron chi connectivity index (χ3n) is 5.73. The normalized spacial score (nSPS) is 18.6. The number of nitrogens with zero attached hydrogens (tertiary/aromatic N) is 4. The molecule has 0 aliphatic carbocycles. The van der Waals surface area contributed by atoms with Crippen molar-refractivity contribution in [2.45, 2.75) is 32.0 Å². The van der Waals surface area contributed by atoms with E-state index in [9.17, 15) is 9.59 Å². The molecule has 2 amide bonds. The summed E-state index contributed by atoms with van der Waals surface area (Å²) in [7, 11) is 0. The van der Waals surface area contributed by atoms with E-state index in [1.807, 2.05) is 24.4 Å². The minimum Gasteiger partial charge on any atom is -0.412 e. The Morgan fingerprint density at radius 1 is 1.12 bits per heavy atom. The van der Waals surface area contributed by atoms with E-state index >= 15 is 0 Å². The molecule has 3 aromatic rings. The summed E-state index contributed by atoms with van der Waals surface area (Å²) in [5, 5.41) is 11.1. The molecule has 8 nitrogen and oxygen atoms in total. The van der Waals surface area contributed by atoms with E-state index < -0.39 is 0 Å². The van der Waals surface area contributed by atoms with E-state index in [-0.39, 0.29) is 24.6 Å². The van der Waals surface area contributed by atoms with Crippen LogP contribution in [0.1, 0.15) is 24.1 Å². The molecule has 2 fully saturated rings. The highest BCUT2D eigenvalue weighted by molar-refractivity contribution is 5.89. The van der Waals surface area contributed by atoms with E-state index in [1.165, 1.54) is 17.2 Å². The van der Waals surface area contributed by atoms with Gasteiger partial charge in [-0.2, -0.15) is 0 Å². The second-order valence-electron chi connectivity index (χ2n) is 7.95. The number of carbonyl (C=O) groups is 2. The molecule has 0 spiro atoms. The third-order valence-corrected chi connectivity index (χ3v) is 5.73. The number of cyclic esters (lactones) is 1. The average molecular weight is 429 g/mol. The van der Waals surface area contributed by atoms with E-state index in [4.69, 9.17) is 4.74 Å². The maximum atomic E-state index is 12.3. The van der Waals surface area contributed by atoms with Gasteiger partial charge in [-0.3, -0.25) is 9.69 Å². The van der Waals surface area contributed by atoms with Crippen molar-refractivity contribution in [3.63, 3.8) is 0 Å². The van der Waals surface area contributed by atoms with Gasteiger partial charge in [0.05, 0.1) is 25.3 Å². The van der Waals surface area contributed by atoms with Crippen LogP contribution in [0.5, 0.6) is 0 Å². The minimum absolute atomic E-state index is 0.109. The number of carbonyl (C=O) groups excluding carboxylic acids is 2. The zero-order valence-corrected chi connectivity index (χ0v) is 17.5. The Balaban J connectivity index is 1.15. The van der Waals surface area contributed by atoms with E-state index in [1.54, 1.807) is 9.58 Å². The summed E-state index contributed by atoms with van der Waals surface area (Å²) in [4.78, 5) is 25.7. The van der Waals surface area contributed by atoms with Crippen LogP contribution in [0, 0.1) is 0 Å². The Hall–Kier alpha value is -3.94. The van der Waals surface area contributed by atoms with Crippen molar-refractivity contribution in [1.82, 2.24) is 25.2 Å². The lowest BCUT2D eigenvalue weighted by Crippen LogP contribution is -2.27. The molecule has 1 aromatic heterocycles. The Kier molecular flexibility index (Phi) is 5.41. The summed E-state index contributed by atoms with van der Waals surface area (Å²) in [6.07, 6.45) is 4.56. The van der Waals surface area contributed by atoms with Crippen molar-refractivity contribution in [2.24, 2.45) is 0 Å². The number of benzene rings is 2. The average Bonchev–Trinajstić information content (AvgIpc) is 3.53. The molecular weight excluding hydrogens is 406 g/mol. The van der Waals surface area contributed by atoms with Crippen LogP contribution in [0.4, 0.5) is 4.79 Å². The maximum Gasteiger partial charge on any atom is 0.415 e. The first kappa shape index (κ1) is 20.0. The van der Waals surface area contributed by atoms with Crippen LogP contribution in [-0.2, 0) is 22.6 Å². The van der Waals surface area contributed by atoms with Gasteiger partial charge in [0.1, 0.15) is 11.5 Å². The highest BCUT2D eigenvalue weighted by Gasteiger charge is 2.41. The molecule has 2 aliphatic heterocycles. The largest absolute Gasteiger partial charge is 0.415 e. The number of fused-ring (bicyclic) bond motifs is 1. The van der Waals surface area contributed by atoms with Crippen LogP contribution in [0.25, 0.3) is 11.1 Å². The summed E-state index contributed by atoms with van der Waals surface area (Å²) in [5.41, 5.74) is 4.11. The SMILES string of the molecule is O=C(/C=C1\OC(=O)N2CCC[C@@H]12)NCc1cn(Cc2ccc(-c3ccccc3)cc2)nn1. The first-order valence-corrected chi connectivity index (χ1v) is 10.7. The van der Waals surface area contributed by atoms with Gasteiger partial charge >= 0.3 is 6.09 Å². The minimum atomic E-state index is -0.369. The number of nitrogens with one attached hydrogen (secondary N) is 1. The Morgan fingerprint density at radius 3 is 2.72 bits per heavy atom. The molecule has 5 rings (SSSR count). The van der Waals surface area contributed by atoms with Crippen molar-refractivity contribution >= 4 is 12.0 Å². The predicted octanol–water partition coefficient (Wildman–Crippen LogP) is 3.11. The summed E-state index contributed by atoms with van der Waals surface area (Å²) in [5.74, 6) is 0.111. The zero-order valence-electron chi connectivity index (χ0n) is 17.5. The van der Waals surface area contributed by atoms with Crippen molar-refractivity contribution in [3.05, 3.63) is 83.9 Å². The fourth-order valence-corrected chi connectivity index (χ4v) is 4.11. The topological polar surface area (TPSA) is 89.4 Å². The molecule has 0 radical (unpaired) electrons. The molecule has 162 valence electrons. The van der Waals surface area contributed by atoms with E-state index in [0.717, 1.165) is 18.4 Å². The summed E-state index contributed by atoms with van der Waals surface area (Å²) < 4.78 is 6.96. The standard InChI is InChI=1S/C24H23N5O3/c30-23(13-22-21-7-4-12-29(21)24(31)32-22)25-14-20-16-28(27-26-20)15-17-8-10-19(11-9-17)18-5-2-1-3-6-18/h1-3,5-6,8-11,13,16,21H,4,7,12,14-15H2,(H,25,30)/b22-13-/t21-/m0/s1. The molecule has 2 aromatic carbocycles. The van der Waals surface area contributed by atoms with E-state index in [2.05, 4.69) is 52.0 Å². The first-order chi connectivity index (χ1) is 15.7. The van der Waals surface area contributed by atoms with Gasteiger partial charge in [0.2, 0.25) is 5.91 Å². The molecule has 0 saturated carbocycles. The fourth-order valence-electron chi connectivity index (χ4n) is 4.11. The van der Waals surface area contributed by atoms with Crippen molar-refractivity contribution in [1.29, 1.82) is 0 Å². The van der Waals surface area contributed by atoms with Crippen LogP contribution in [0.2, 0.25) is 0 Å². The number of hydrogen-bond acceptors (Lipinski definition) is 5. The summed E-state index contributed by atoms with van der Waals surface area (Å²) in [6, 6.07) is 18.5. The van der Waals surface area contributed by atoms with Gasteiger partial charge in [-0.1, -0.05) is 59.8 Å². The lowest BCUT2D eigenvalue weighted by Gasteiger charge is -2.09. The van der Waals surface area contributed by atoms with Crippen molar-refractivity contribution < 1.29 is 14.3 Å². The molecule has 2 aliphatic rings. The molecule has 0 unspecified atom stereocenters. The highest BCUT2D eigenvalue weighted by atomic mass is 16.6. The Labute approximate surface area is 185 Å². The van der Waals surface area contributed by atoms with Crippen molar-refractivity contribution in [3.8, 4) is 11.1 Å². The smallest absolute Gasteiger partial charge is 0.412 e. The van der Waals surface area contributed by atoms with Gasteiger partial charge in [-0.15, -0.1) is 5.10 Å². The quantitative estimate of drug-likeness (QED) is 0.608. The first-order valence-electron chi connectivity index (χ1n) is 10.7. The van der Waals surface area contributed by atoms with E-state index in [0.29, 0.717) is 24.5 Å². The molecule has 2 saturated heterocycles. The molecule has 0 bridgehead atoms. The van der Waals surface area contributed by atoms with Gasteiger partial charge < -0.3 is 10.1 Å². The predicted molar refractivity (Wildman–Crippen MR) is 117 cm³/mol. The van der Waals surface area contributed by atoms with Crippen LogP contribution in [-0.4, -0.2) is 44.5 Å². The number of hydrogen-bond donors (Lipinski definition) is 1. The number of amides is 2. The second-order valence-corrected chi connectivity index (χ2v) is 7.95. The van der Waals surface area contributed by atoms with Crippen molar-refractivity contribution in [2.75, 3.05) is 6.54 Å². The lowest BCUT2D eigenvalue weighted by molar-refractivity contribution is -0.116. The summed E-state index contributed by atoms with van der Waals surface area (Å²) >= 11 is 0. The van der Waals surface area contributed by atoms with Crippen LogP contribution in [0.15, 0.2) is 72.6 Å². The molecule has 32 heavy (non-hydrogen) atoms. The zero-order chi connectivity index (χ0) is 21.9. The number of ether oxygens (including phenoxy) is 1. The van der Waals surface area contributed by atoms with Crippen LogP contribution >= 0.6 is 0 Å². The van der Waals surface area contributed by atoms with Gasteiger partial charge in [0, 0.05) is 12.6 Å². The highest BCUT2D eigenvalue weighted by Crippen LogP contribution is 2.31. The fraction of sp³-hybridized carbons (Fsp3) is 0.250. The maximum absolute atomic E-state index is 12.3. The molecule has 3 heterocycles. The lowest BCUT2D eigenvalue weighted by atomic mass is 10.0. The Bertz CT molecular complexity index is 1150. The molecule has 1 atom stereocenters. The van der Waals surface area contributed by atoms with Gasteiger partial charge in [-0.25, -0.2) is 9.48 Å². The summed E-state index contributed by atoms with van der Waals surface area (Å²) in [6.45, 7) is 1.52.